The van der Waals surface area contributed by atoms with E-state index in [1.54, 1.807) is 12.1 Å². The summed E-state index contributed by atoms with van der Waals surface area (Å²) in [7, 11) is 4.00. The van der Waals surface area contributed by atoms with Crippen LogP contribution in [0.2, 0.25) is 5.02 Å². The van der Waals surface area contributed by atoms with Crippen molar-refractivity contribution in [1.82, 2.24) is 24.7 Å². The van der Waals surface area contributed by atoms with Crippen molar-refractivity contribution in [1.29, 1.82) is 5.26 Å². The number of piperazine rings is 1. The number of hydrogen-bond acceptors (Lipinski definition) is 9. The molecule has 7 rings (SSSR count). The summed E-state index contributed by atoms with van der Waals surface area (Å²) in [6, 6.07) is 14.7. The zero-order valence-electron chi connectivity index (χ0n) is 28.5. The van der Waals surface area contributed by atoms with Crippen LogP contribution in [0.4, 0.5) is 11.5 Å². The Labute approximate surface area is 289 Å². The first kappa shape index (κ1) is 34.0. The van der Waals surface area contributed by atoms with Gasteiger partial charge >= 0.3 is 6.01 Å². The van der Waals surface area contributed by atoms with Crippen molar-refractivity contribution in [3.63, 3.8) is 0 Å². The van der Waals surface area contributed by atoms with E-state index >= 15 is 0 Å². The lowest BCUT2D eigenvalue weighted by Gasteiger charge is -2.38. The minimum atomic E-state index is 0.0755. The minimum absolute atomic E-state index is 0.0755. The summed E-state index contributed by atoms with van der Waals surface area (Å²) < 4.78 is 6.54. The van der Waals surface area contributed by atoms with Crippen LogP contribution in [0.5, 0.6) is 6.01 Å². The smallest absolute Gasteiger partial charge is 0.318 e. The van der Waals surface area contributed by atoms with Gasteiger partial charge in [0.25, 0.3) is 0 Å². The highest BCUT2D eigenvalue weighted by Crippen LogP contribution is 2.40. The number of carbonyl (C=O) groups is 1. The molecule has 0 saturated carbocycles. The van der Waals surface area contributed by atoms with Gasteiger partial charge in [0, 0.05) is 68.9 Å². The quantitative estimate of drug-likeness (QED) is 0.302. The highest BCUT2D eigenvalue weighted by Gasteiger charge is 2.45. The number of likely N-dealkylation sites (N-methyl/N-ethyl adjacent to an activating group) is 1. The molecule has 3 aromatic rings. The number of fused-ring (bicyclic) bond motifs is 3. The van der Waals surface area contributed by atoms with Crippen molar-refractivity contribution in [2.75, 3.05) is 82.9 Å². The number of halogens is 1. The molecule has 0 radical (unpaired) electrons. The molecule has 3 fully saturated rings. The number of anilines is 2. The number of nitriles is 1. The predicted molar refractivity (Wildman–Crippen MR) is 192 cm³/mol. The second kappa shape index (κ2) is 15.1. The first-order valence-electron chi connectivity index (χ1n) is 17.2. The second-order valence-corrected chi connectivity index (χ2v) is 13.9. The van der Waals surface area contributed by atoms with E-state index in [4.69, 9.17) is 31.6 Å². The maximum atomic E-state index is 12.8. The molecular weight excluding hydrogens is 624 g/mol. The van der Waals surface area contributed by atoms with Crippen LogP contribution in [0.3, 0.4) is 0 Å². The summed E-state index contributed by atoms with van der Waals surface area (Å²) in [6.07, 6.45) is 9.29. The zero-order valence-corrected chi connectivity index (χ0v) is 29.3. The van der Waals surface area contributed by atoms with E-state index in [1.165, 1.54) is 38.2 Å². The van der Waals surface area contributed by atoms with E-state index in [2.05, 4.69) is 39.0 Å². The van der Waals surface area contributed by atoms with Crippen molar-refractivity contribution in [3.05, 3.63) is 64.8 Å². The molecule has 1 aromatic heterocycles. The van der Waals surface area contributed by atoms with Gasteiger partial charge in [0.1, 0.15) is 12.4 Å². The molecule has 0 bridgehead atoms. The van der Waals surface area contributed by atoms with Crippen molar-refractivity contribution in [2.24, 2.45) is 0 Å². The van der Waals surface area contributed by atoms with Gasteiger partial charge in [-0.05, 0) is 76.8 Å². The zero-order chi connectivity index (χ0) is 33.7. The fraction of sp³-hybridized carbons (Fsp3) is 0.514. The standard InChI is InChI=1S/C35H44ClN7O2.C2H3N/c1-39(2)16-5-12-31(44)40-20-22-41(23-21-40)33-27-13-19-42(30-11-4-9-26-8-3-10-28(36)32(26)30)24-29(27)37-34(38-33)45-25-35-14-6-17-43(35)18-7-15-35;1-2-3/h3-5,8-12H,6-7,13-25H2,1-2H3;1H3/b12-5+;. The molecule has 0 unspecified atom stereocenters. The van der Waals surface area contributed by atoms with Crippen LogP contribution in [0.1, 0.15) is 43.9 Å². The third kappa shape index (κ3) is 7.24. The Bertz CT molecular complexity index is 1660. The minimum Gasteiger partial charge on any atom is -0.461 e. The van der Waals surface area contributed by atoms with Gasteiger partial charge in [-0.25, -0.2) is 0 Å². The maximum Gasteiger partial charge on any atom is 0.318 e. The van der Waals surface area contributed by atoms with Crippen LogP contribution >= 0.6 is 11.6 Å². The van der Waals surface area contributed by atoms with Crippen LogP contribution in [-0.2, 0) is 17.8 Å². The molecule has 0 spiro atoms. The van der Waals surface area contributed by atoms with Gasteiger partial charge in [-0.15, -0.1) is 0 Å². The van der Waals surface area contributed by atoms with E-state index in [-0.39, 0.29) is 11.4 Å². The van der Waals surface area contributed by atoms with E-state index in [0.717, 1.165) is 78.7 Å². The van der Waals surface area contributed by atoms with Gasteiger partial charge in [0.15, 0.2) is 0 Å². The first-order valence-corrected chi connectivity index (χ1v) is 17.6. The molecule has 48 heavy (non-hydrogen) atoms. The molecule has 4 aliphatic rings. The van der Waals surface area contributed by atoms with Gasteiger partial charge < -0.3 is 24.3 Å². The molecule has 3 saturated heterocycles. The average Bonchev–Trinajstić information content (AvgIpc) is 3.68. The van der Waals surface area contributed by atoms with Crippen molar-refractivity contribution in [3.8, 4) is 12.1 Å². The van der Waals surface area contributed by atoms with E-state index in [9.17, 15) is 4.79 Å². The Balaban J connectivity index is 0.00000129. The Kier molecular flexibility index (Phi) is 10.7. The number of amides is 1. The van der Waals surface area contributed by atoms with E-state index < -0.39 is 0 Å². The SMILES string of the molecule is CC#N.CN(C)C/C=C/C(=O)N1CCN(c2nc(OCC34CCCN3CCC4)nc3c2CCN(c2cccc4cccc(Cl)c24)C3)CC1. The molecule has 1 amide bonds. The lowest BCUT2D eigenvalue weighted by atomic mass is 9.95. The Morgan fingerprint density at radius 1 is 1.02 bits per heavy atom. The van der Waals surface area contributed by atoms with Gasteiger partial charge in [0.05, 0.1) is 28.9 Å². The van der Waals surface area contributed by atoms with E-state index in [1.807, 2.05) is 42.1 Å². The summed E-state index contributed by atoms with van der Waals surface area (Å²) in [4.78, 5) is 34.3. The molecule has 0 N–H and O–H groups in total. The Hall–Kier alpha value is -3.91. The first-order chi connectivity index (χ1) is 23.3. The predicted octanol–water partition coefficient (Wildman–Crippen LogP) is 5.15. The number of rotatable bonds is 8. The van der Waals surface area contributed by atoms with Crippen LogP contribution in [0.15, 0.2) is 48.6 Å². The molecule has 2 aromatic carbocycles. The summed E-state index contributed by atoms with van der Waals surface area (Å²) >= 11 is 6.74. The molecule has 4 aliphatic heterocycles. The highest BCUT2D eigenvalue weighted by atomic mass is 35.5. The fourth-order valence-electron chi connectivity index (χ4n) is 7.73. The van der Waals surface area contributed by atoms with Crippen molar-refractivity contribution >= 4 is 39.8 Å². The topological polar surface area (TPSA) is 92.1 Å². The summed E-state index contributed by atoms with van der Waals surface area (Å²) in [5.74, 6) is 1.04. The molecule has 11 heteroatoms. The second-order valence-electron chi connectivity index (χ2n) is 13.4. The molecule has 10 nitrogen and oxygen atoms in total. The van der Waals surface area contributed by atoms with Crippen LogP contribution in [0.25, 0.3) is 10.8 Å². The number of aromatic nitrogens is 2. The molecule has 5 heterocycles. The van der Waals surface area contributed by atoms with Crippen molar-refractivity contribution in [2.45, 2.75) is 51.1 Å². The Morgan fingerprint density at radius 2 is 1.73 bits per heavy atom. The third-order valence-corrected chi connectivity index (χ3v) is 10.4. The fourth-order valence-corrected chi connectivity index (χ4v) is 8.01. The summed E-state index contributed by atoms with van der Waals surface area (Å²) in [5.41, 5.74) is 3.46. The highest BCUT2D eigenvalue weighted by molar-refractivity contribution is 6.36. The number of ether oxygens (including phenoxy) is 1. The number of hydrogen-bond donors (Lipinski definition) is 0. The lowest BCUT2D eigenvalue weighted by Crippen LogP contribution is -2.49. The van der Waals surface area contributed by atoms with Gasteiger partial charge in [0.2, 0.25) is 5.91 Å². The number of nitrogens with zero attached hydrogens (tertiary/aromatic N) is 8. The van der Waals surface area contributed by atoms with E-state index in [0.29, 0.717) is 32.3 Å². The van der Waals surface area contributed by atoms with Gasteiger partial charge in [-0.2, -0.15) is 15.2 Å². The molecular formula is C37H47ClN8O2. The molecule has 0 aliphatic carbocycles. The van der Waals surface area contributed by atoms with Crippen LogP contribution < -0.4 is 14.5 Å². The normalized spacial score (nSPS) is 18.9. The largest absolute Gasteiger partial charge is 0.461 e. The van der Waals surface area contributed by atoms with Gasteiger partial charge in [-0.3, -0.25) is 9.69 Å². The summed E-state index contributed by atoms with van der Waals surface area (Å²) in [6.45, 7) is 9.45. The van der Waals surface area contributed by atoms with Crippen LogP contribution in [0, 0.1) is 11.3 Å². The number of benzene rings is 2. The third-order valence-electron chi connectivity index (χ3n) is 10.1. The van der Waals surface area contributed by atoms with Crippen LogP contribution in [-0.4, -0.2) is 109 Å². The summed E-state index contributed by atoms with van der Waals surface area (Å²) in [5, 5.41) is 10.3. The van der Waals surface area contributed by atoms with Crippen molar-refractivity contribution < 1.29 is 9.53 Å². The average molecular weight is 671 g/mol. The van der Waals surface area contributed by atoms with Gasteiger partial charge in [-0.1, -0.05) is 41.9 Å². The Morgan fingerprint density at radius 3 is 2.44 bits per heavy atom. The number of carbonyl (C=O) groups excluding carboxylic acids is 1. The molecule has 254 valence electrons. The maximum absolute atomic E-state index is 12.8. The lowest BCUT2D eigenvalue weighted by molar-refractivity contribution is -0.126. The monoisotopic (exact) mass is 670 g/mol. The molecule has 0 atom stereocenters.